The predicted molar refractivity (Wildman–Crippen MR) is 74.9 cm³/mol. The molecule has 0 spiro atoms. The van der Waals surface area contributed by atoms with Crippen LogP contribution >= 0.6 is 11.8 Å². The minimum absolute atomic E-state index is 0.202. The van der Waals surface area contributed by atoms with E-state index in [0.717, 1.165) is 15.4 Å². The Morgan fingerprint density at radius 1 is 1.10 bits per heavy atom. The number of pyridine rings is 1. The summed E-state index contributed by atoms with van der Waals surface area (Å²) in [7, 11) is 0. The summed E-state index contributed by atoms with van der Waals surface area (Å²) < 4.78 is 0. The lowest BCUT2D eigenvalue weighted by Crippen LogP contribution is -1.99. The van der Waals surface area contributed by atoms with Crippen molar-refractivity contribution in [3.05, 3.63) is 54.6 Å². The highest BCUT2D eigenvalue weighted by Gasteiger charge is 2.13. The number of benzene rings is 1. The molecular weight excluding hydrogens is 274 g/mol. The average Bonchev–Trinajstić information content (AvgIpc) is 2.48. The zero-order chi connectivity index (χ0) is 13.9. The molecule has 0 aliphatic rings. The highest BCUT2D eigenvalue weighted by atomic mass is 32.2. The number of carboxylic acid groups (broad SMARTS) is 1. The van der Waals surface area contributed by atoms with Crippen LogP contribution in [0, 0.1) is 0 Å². The van der Waals surface area contributed by atoms with E-state index in [1.54, 1.807) is 18.3 Å². The van der Waals surface area contributed by atoms with Gasteiger partial charge < -0.3 is 5.11 Å². The number of nitrogens with zero attached hydrogens (tertiary/aromatic N) is 3. The van der Waals surface area contributed by atoms with E-state index in [9.17, 15) is 9.90 Å². The van der Waals surface area contributed by atoms with Crippen LogP contribution < -0.4 is 0 Å². The van der Waals surface area contributed by atoms with E-state index >= 15 is 0 Å². The molecule has 2 aromatic heterocycles. The molecule has 0 aliphatic heterocycles. The lowest BCUT2D eigenvalue weighted by molar-refractivity contribution is 0.0698. The first kappa shape index (κ1) is 12.6. The Labute approximate surface area is 118 Å². The Morgan fingerprint density at radius 2 is 1.90 bits per heavy atom. The van der Waals surface area contributed by atoms with Gasteiger partial charge in [0.1, 0.15) is 16.4 Å². The average molecular weight is 283 g/mol. The molecular formula is C14H9N3O2S. The molecule has 2 heterocycles. The number of carboxylic acids is 1. The van der Waals surface area contributed by atoms with Crippen LogP contribution in [0.25, 0.3) is 10.8 Å². The van der Waals surface area contributed by atoms with Crippen molar-refractivity contribution in [1.29, 1.82) is 0 Å². The quantitative estimate of drug-likeness (QED) is 0.745. The normalized spacial score (nSPS) is 10.6. The van der Waals surface area contributed by atoms with Crippen LogP contribution in [0.5, 0.6) is 0 Å². The Bertz CT molecular complexity index is 778. The van der Waals surface area contributed by atoms with Gasteiger partial charge in [0, 0.05) is 23.2 Å². The first-order valence-corrected chi connectivity index (χ1v) is 6.62. The summed E-state index contributed by atoms with van der Waals surface area (Å²) in [5.74, 6) is -0.979. The highest BCUT2D eigenvalue weighted by molar-refractivity contribution is 7.99. The monoisotopic (exact) mass is 283 g/mol. The predicted octanol–water partition coefficient (Wildman–Crippen LogP) is 2.87. The first-order chi connectivity index (χ1) is 9.75. The maximum Gasteiger partial charge on any atom is 0.337 e. The van der Waals surface area contributed by atoms with Crippen LogP contribution in [-0.4, -0.2) is 26.0 Å². The van der Waals surface area contributed by atoms with E-state index in [1.165, 1.54) is 24.3 Å². The third-order valence-corrected chi connectivity index (χ3v) is 3.71. The maximum atomic E-state index is 11.2. The number of aromatic carboxylic acids is 1. The molecule has 1 aromatic carbocycles. The maximum absolute atomic E-state index is 11.2. The first-order valence-electron chi connectivity index (χ1n) is 5.80. The molecule has 3 aromatic rings. The van der Waals surface area contributed by atoms with Crippen molar-refractivity contribution in [3.8, 4) is 0 Å². The number of carbonyl (C=O) groups is 1. The van der Waals surface area contributed by atoms with Gasteiger partial charge in [-0.25, -0.2) is 19.7 Å². The summed E-state index contributed by atoms with van der Waals surface area (Å²) in [5.41, 5.74) is 0.202. The van der Waals surface area contributed by atoms with Crippen molar-refractivity contribution < 1.29 is 9.90 Å². The van der Waals surface area contributed by atoms with Gasteiger partial charge in [-0.1, -0.05) is 24.3 Å². The molecule has 0 aliphatic carbocycles. The molecule has 5 nitrogen and oxygen atoms in total. The SMILES string of the molecule is O=C(O)c1cnc(Sc2ccncn2)c2ccccc12. The van der Waals surface area contributed by atoms with Gasteiger partial charge in [-0.2, -0.15) is 0 Å². The molecule has 0 fully saturated rings. The minimum atomic E-state index is -0.979. The molecule has 0 saturated carbocycles. The fraction of sp³-hybridized carbons (Fsp3) is 0. The van der Waals surface area contributed by atoms with Crippen LogP contribution in [0.2, 0.25) is 0 Å². The van der Waals surface area contributed by atoms with Crippen molar-refractivity contribution >= 4 is 28.5 Å². The molecule has 0 bridgehead atoms. The fourth-order valence-corrected chi connectivity index (χ4v) is 2.68. The second-order valence-electron chi connectivity index (χ2n) is 3.98. The number of fused-ring (bicyclic) bond motifs is 1. The fourth-order valence-electron chi connectivity index (χ4n) is 1.86. The van der Waals surface area contributed by atoms with E-state index in [1.807, 2.05) is 18.2 Å². The van der Waals surface area contributed by atoms with Gasteiger partial charge in [0.25, 0.3) is 0 Å². The van der Waals surface area contributed by atoms with Crippen molar-refractivity contribution in [3.63, 3.8) is 0 Å². The second-order valence-corrected chi connectivity index (χ2v) is 4.99. The Kier molecular flexibility index (Phi) is 3.30. The summed E-state index contributed by atoms with van der Waals surface area (Å²) in [6, 6.07) is 9.10. The topological polar surface area (TPSA) is 76.0 Å². The second kappa shape index (κ2) is 5.26. The smallest absolute Gasteiger partial charge is 0.337 e. The van der Waals surface area contributed by atoms with Gasteiger partial charge in [0.15, 0.2) is 0 Å². The lowest BCUT2D eigenvalue weighted by Gasteiger charge is -2.07. The number of rotatable bonds is 3. The van der Waals surface area contributed by atoms with E-state index in [0.29, 0.717) is 5.39 Å². The molecule has 0 atom stereocenters. The lowest BCUT2D eigenvalue weighted by atomic mass is 10.1. The van der Waals surface area contributed by atoms with E-state index < -0.39 is 5.97 Å². The van der Waals surface area contributed by atoms with Gasteiger partial charge in [-0.05, 0) is 17.8 Å². The summed E-state index contributed by atoms with van der Waals surface area (Å²) in [5, 5.41) is 12.2. The summed E-state index contributed by atoms with van der Waals surface area (Å²) in [6.45, 7) is 0. The summed E-state index contributed by atoms with van der Waals surface area (Å²) in [6.07, 6.45) is 4.51. The van der Waals surface area contributed by atoms with Crippen LogP contribution in [0.3, 0.4) is 0 Å². The van der Waals surface area contributed by atoms with Crippen molar-refractivity contribution in [1.82, 2.24) is 15.0 Å². The molecule has 0 saturated heterocycles. The Balaban J connectivity index is 2.13. The van der Waals surface area contributed by atoms with Gasteiger partial charge in [-0.15, -0.1) is 0 Å². The van der Waals surface area contributed by atoms with Crippen LogP contribution in [0.4, 0.5) is 0 Å². The van der Waals surface area contributed by atoms with Crippen molar-refractivity contribution in [2.24, 2.45) is 0 Å². The van der Waals surface area contributed by atoms with Crippen LogP contribution in [0.15, 0.2) is 59.1 Å². The highest BCUT2D eigenvalue weighted by Crippen LogP contribution is 2.31. The van der Waals surface area contributed by atoms with Crippen molar-refractivity contribution in [2.45, 2.75) is 10.1 Å². The number of aromatic nitrogens is 3. The van der Waals surface area contributed by atoms with Gasteiger partial charge in [0.2, 0.25) is 0 Å². The van der Waals surface area contributed by atoms with Gasteiger partial charge in [0.05, 0.1) is 5.56 Å². The molecule has 6 heteroatoms. The minimum Gasteiger partial charge on any atom is -0.478 e. The Morgan fingerprint density at radius 3 is 2.60 bits per heavy atom. The van der Waals surface area contributed by atoms with E-state index in [4.69, 9.17) is 0 Å². The van der Waals surface area contributed by atoms with Gasteiger partial charge >= 0.3 is 5.97 Å². The third-order valence-electron chi connectivity index (χ3n) is 2.75. The zero-order valence-corrected chi connectivity index (χ0v) is 11.0. The molecule has 0 amide bonds. The summed E-state index contributed by atoms with van der Waals surface area (Å²) >= 11 is 1.38. The van der Waals surface area contributed by atoms with Crippen molar-refractivity contribution in [2.75, 3.05) is 0 Å². The standard InChI is InChI=1S/C14H9N3O2S/c18-14(19)11-7-16-13(10-4-2-1-3-9(10)11)20-12-5-6-15-8-17-12/h1-8H,(H,18,19). The van der Waals surface area contributed by atoms with Gasteiger partial charge in [-0.3, -0.25) is 0 Å². The molecule has 98 valence electrons. The number of hydrogen-bond donors (Lipinski definition) is 1. The molecule has 3 rings (SSSR count). The Hall–Kier alpha value is -2.47. The van der Waals surface area contributed by atoms with Crippen LogP contribution in [-0.2, 0) is 0 Å². The van der Waals surface area contributed by atoms with E-state index in [-0.39, 0.29) is 5.56 Å². The third kappa shape index (κ3) is 2.33. The summed E-state index contributed by atoms with van der Waals surface area (Å²) in [4.78, 5) is 23.5. The molecule has 0 radical (unpaired) electrons. The van der Waals surface area contributed by atoms with E-state index in [2.05, 4.69) is 15.0 Å². The van der Waals surface area contributed by atoms with Crippen LogP contribution in [0.1, 0.15) is 10.4 Å². The molecule has 0 unspecified atom stereocenters. The zero-order valence-electron chi connectivity index (χ0n) is 10.2. The molecule has 1 N–H and O–H groups in total. The molecule has 20 heavy (non-hydrogen) atoms. The largest absolute Gasteiger partial charge is 0.478 e. The number of hydrogen-bond acceptors (Lipinski definition) is 5.